The third kappa shape index (κ3) is 4.28. The summed E-state index contributed by atoms with van der Waals surface area (Å²) >= 11 is 0. The molecule has 0 aliphatic rings. The summed E-state index contributed by atoms with van der Waals surface area (Å²) in [6, 6.07) is 4.50. The Labute approximate surface area is 86.0 Å². The second-order valence-corrected chi connectivity index (χ2v) is 3.55. The fraction of sp³-hybridized carbons (Fsp3) is 0.500. The SMILES string of the molecule is C=CCCC(C)NCCc1ccco1. The molecule has 78 valence electrons. The van der Waals surface area contributed by atoms with Crippen LogP contribution in [0.3, 0.4) is 0 Å². The molecule has 0 aliphatic heterocycles. The van der Waals surface area contributed by atoms with Crippen molar-refractivity contribution >= 4 is 0 Å². The first-order valence-corrected chi connectivity index (χ1v) is 5.19. The number of hydrogen-bond donors (Lipinski definition) is 1. The van der Waals surface area contributed by atoms with Gasteiger partial charge in [-0.15, -0.1) is 6.58 Å². The minimum absolute atomic E-state index is 0.558. The first-order valence-electron chi connectivity index (χ1n) is 5.19. The van der Waals surface area contributed by atoms with Crippen molar-refractivity contribution in [3.05, 3.63) is 36.8 Å². The van der Waals surface area contributed by atoms with Gasteiger partial charge in [0.05, 0.1) is 6.26 Å². The highest BCUT2D eigenvalue weighted by molar-refractivity contribution is 4.98. The highest BCUT2D eigenvalue weighted by Crippen LogP contribution is 2.01. The topological polar surface area (TPSA) is 25.2 Å². The molecule has 1 N–H and O–H groups in total. The van der Waals surface area contributed by atoms with E-state index in [9.17, 15) is 0 Å². The Hall–Kier alpha value is -1.02. The Morgan fingerprint density at radius 2 is 2.50 bits per heavy atom. The van der Waals surface area contributed by atoms with Crippen molar-refractivity contribution in [1.29, 1.82) is 0 Å². The van der Waals surface area contributed by atoms with Crippen molar-refractivity contribution in [1.82, 2.24) is 5.32 Å². The number of allylic oxidation sites excluding steroid dienone is 1. The van der Waals surface area contributed by atoms with Gasteiger partial charge >= 0.3 is 0 Å². The molecule has 0 saturated heterocycles. The Morgan fingerprint density at radius 1 is 1.64 bits per heavy atom. The maximum atomic E-state index is 5.24. The highest BCUT2D eigenvalue weighted by atomic mass is 16.3. The van der Waals surface area contributed by atoms with Crippen LogP contribution < -0.4 is 5.32 Å². The third-order valence-electron chi connectivity index (χ3n) is 2.25. The van der Waals surface area contributed by atoms with E-state index in [1.807, 2.05) is 18.2 Å². The quantitative estimate of drug-likeness (QED) is 0.674. The number of nitrogens with one attached hydrogen (secondary N) is 1. The Bertz CT molecular complexity index is 241. The van der Waals surface area contributed by atoms with Gasteiger partial charge in [0.2, 0.25) is 0 Å². The molecule has 1 aromatic rings. The van der Waals surface area contributed by atoms with Crippen molar-refractivity contribution < 1.29 is 4.42 Å². The molecule has 1 rings (SSSR count). The Kier molecular flexibility index (Phi) is 5.08. The lowest BCUT2D eigenvalue weighted by molar-refractivity contribution is 0.473. The number of furan rings is 1. The molecular weight excluding hydrogens is 174 g/mol. The predicted octanol–water partition coefficient (Wildman–Crippen LogP) is 2.77. The zero-order valence-corrected chi connectivity index (χ0v) is 8.83. The van der Waals surface area contributed by atoms with E-state index in [2.05, 4.69) is 18.8 Å². The smallest absolute Gasteiger partial charge is 0.105 e. The van der Waals surface area contributed by atoms with Gasteiger partial charge in [-0.1, -0.05) is 6.08 Å². The van der Waals surface area contributed by atoms with Gasteiger partial charge in [0, 0.05) is 19.0 Å². The largest absolute Gasteiger partial charge is 0.469 e. The van der Waals surface area contributed by atoms with Crippen molar-refractivity contribution in [2.75, 3.05) is 6.54 Å². The number of rotatable bonds is 7. The molecule has 1 aromatic heterocycles. The lowest BCUT2D eigenvalue weighted by Crippen LogP contribution is -2.27. The zero-order chi connectivity index (χ0) is 10.2. The van der Waals surface area contributed by atoms with E-state index in [4.69, 9.17) is 4.42 Å². The first kappa shape index (κ1) is 11.1. The zero-order valence-electron chi connectivity index (χ0n) is 8.83. The fourth-order valence-corrected chi connectivity index (χ4v) is 1.37. The van der Waals surface area contributed by atoms with E-state index in [1.54, 1.807) is 6.26 Å². The molecule has 0 amide bonds. The monoisotopic (exact) mass is 193 g/mol. The molecule has 0 aliphatic carbocycles. The normalized spacial score (nSPS) is 12.6. The molecule has 0 spiro atoms. The van der Waals surface area contributed by atoms with E-state index < -0.39 is 0 Å². The van der Waals surface area contributed by atoms with E-state index in [1.165, 1.54) is 0 Å². The van der Waals surface area contributed by atoms with E-state index in [0.29, 0.717) is 6.04 Å². The predicted molar refractivity (Wildman–Crippen MR) is 59.3 cm³/mol. The first-order chi connectivity index (χ1) is 6.83. The molecule has 1 unspecified atom stereocenters. The summed E-state index contributed by atoms with van der Waals surface area (Å²) in [5.74, 6) is 1.05. The van der Waals surface area contributed by atoms with Crippen LogP contribution >= 0.6 is 0 Å². The van der Waals surface area contributed by atoms with E-state index in [-0.39, 0.29) is 0 Å². The van der Waals surface area contributed by atoms with Crippen LogP contribution in [0.5, 0.6) is 0 Å². The maximum absolute atomic E-state index is 5.24. The molecule has 0 aromatic carbocycles. The summed E-state index contributed by atoms with van der Waals surface area (Å²) in [6.07, 6.45) is 6.88. The second-order valence-electron chi connectivity index (χ2n) is 3.55. The summed E-state index contributed by atoms with van der Waals surface area (Å²) < 4.78 is 5.24. The Morgan fingerprint density at radius 3 is 3.14 bits per heavy atom. The Balaban J connectivity index is 2.06. The third-order valence-corrected chi connectivity index (χ3v) is 2.25. The van der Waals surface area contributed by atoms with Gasteiger partial charge in [-0.3, -0.25) is 0 Å². The van der Waals surface area contributed by atoms with Crippen molar-refractivity contribution in [2.45, 2.75) is 32.2 Å². The maximum Gasteiger partial charge on any atom is 0.105 e. The van der Waals surface area contributed by atoms with Crippen molar-refractivity contribution in [3.63, 3.8) is 0 Å². The molecule has 14 heavy (non-hydrogen) atoms. The van der Waals surface area contributed by atoms with Crippen LogP contribution in [-0.4, -0.2) is 12.6 Å². The molecule has 2 nitrogen and oxygen atoms in total. The fourth-order valence-electron chi connectivity index (χ4n) is 1.37. The molecule has 0 fully saturated rings. The summed E-state index contributed by atoms with van der Waals surface area (Å²) in [7, 11) is 0. The molecule has 0 saturated carbocycles. The van der Waals surface area contributed by atoms with Crippen LogP contribution in [-0.2, 0) is 6.42 Å². The minimum Gasteiger partial charge on any atom is -0.469 e. The summed E-state index contributed by atoms with van der Waals surface area (Å²) in [5.41, 5.74) is 0. The second kappa shape index (κ2) is 6.44. The van der Waals surface area contributed by atoms with Gasteiger partial charge in [-0.2, -0.15) is 0 Å². The van der Waals surface area contributed by atoms with Gasteiger partial charge in [0.15, 0.2) is 0 Å². The standard InChI is InChI=1S/C12H19NO/c1-3-4-6-11(2)13-9-8-12-7-5-10-14-12/h3,5,7,10-11,13H,1,4,6,8-9H2,2H3. The molecule has 0 radical (unpaired) electrons. The molecular formula is C12H19NO. The van der Waals surface area contributed by atoms with Crippen LogP contribution in [0.25, 0.3) is 0 Å². The lowest BCUT2D eigenvalue weighted by atomic mass is 10.2. The van der Waals surface area contributed by atoms with Crippen LogP contribution in [0.15, 0.2) is 35.5 Å². The summed E-state index contributed by atoms with van der Waals surface area (Å²) in [5, 5.41) is 3.45. The average molecular weight is 193 g/mol. The van der Waals surface area contributed by atoms with Crippen molar-refractivity contribution in [2.24, 2.45) is 0 Å². The molecule has 2 heteroatoms. The minimum atomic E-state index is 0.558. The molecule has 1 atom stereocenters. The van der Waals surface area contributed by atoms with Gasteiger partial charge < -0.3 is 9.73 Å². The van der Waals surface area contributed by atoms with Crippen LogP contribution in [0.1, 0.15) is 25.5 Å². The summed E-state index contributed by atoms with van der Waals surface area (Å²) in [6.45, 7) is 6.89. The van der Waals surface area contributed by atoms with Crippen LogP contribution in [0, 0.1) is 0 Å². The van der Waals surface area contributed by atoms with Gasteiger partial charge in [-0.05, 0) is 31.9 Å². The van der Waals surface area contributed by atoms with Gasteiger partial charge in [0.1, 0.15) is 5.76 Å². The number of hydrogen-bond acceptors (Lipinski definition) is 2. The van der Waals surface area contributed by atoms with Crippen molar-refractivity contribution in [3.8, 4) is 0 Å². The van der Waals surface area contributed by atoms with Gasteiger partial charge in [0.25, 0.3) is 0 Å². The highest BCUT2D eigenvalue weighted by Gasteiger charge is 2.00. The van der Waals surface area contributed by atoms with Crippen LogP contribution in [0.4, 0.5) is 0 Å². The van der Waals surface area contributed by atoms with E-state index >= 15 is 0 Å². The summed E-state index contributed by atoms with van der Waals surface area (Å²) in [4.78, 5) is 0. The van der Waals surface area contributed by atoms with E-state index in [0.717, 1.165) is 31.6 Å². The lowest BCUT2D eigenvalue weighted by Gasteiger charge is -2.11. The molecule has 0 bridgehead atoms. The van der Waals surface area contributed by atoms with Gasteiger partial charge in [-0.25, -0.2) is 0 Å². The molecule has 1 heterocycles. The average Bonchev–Trinajstić information content (AvgIpc) is 2.67. The van der Waals surface area contributed by atoms with Crippen LogP contribution in [0.2, 0.25) is 0 Å².